The molecule has 4 rings (SSSR count). The molecular weight excluding hydrogens is 382 g/mol. The predicted octanol–water partition coefficient (Wildman–Crippen LogP) is 1.24. The van der Waals surface area contributed by atoms with E-state index in [0.29, 0.717) is 25.1 Å². The van der Waals surface area contributed by atoms with Crippen LogP contribution in [0.3, 0.4) is 0 Å². The molecule has 8 nitrogen and oxygen atoms in total. The number of nitrogens with one attached hydrogen (secondary N) is 2. The number of nitrogens with zero attached hydrogens (tertiary/aromatic N) is 2. The molecule has 2 aliphatic rings. The Balaban J connectivity index is 1.36. The second-order valence-corrected chi connectivity index (χ2v) is 7.94. The van der Waals surface area contributed by atoms with Crippen LogP contribution in [0.4, 0.5) is 0 Å². The minimum atomic E-state index is -0.572. The van der Waals surface area contributed by atoms with Crippen molar-refractivity contribution in [1.29, 1.82) is 0 Å². The molecule has 3 heterocycles. The highest BCUT2D eigenvalue weighted by Gasteiger charge is 2.39. The number of fused-ring (bicyclic) bond motifs is 1. The molecule has 8 heteroatoms. The van der Waals surface area contributed by atoms with Crippen molar-refractivity contribution < 1.29 is 14.4 Å². The standard InChI is InChI=1S/C22H27N5O3/c23-11-10-15-12-24-19(25-15)7-2-1-4-14-5-3-6-16-17(14)13-27(22(16)30)18-8-9-20(28)26-21(18)29/h3,5-6,12,18H,1-2,4,7-11,13,23H2,(H,24,25)(H,26,28,29). The summed E-state index contributed by atoms with van der Waals surface area (Å²) in [7, 11) is 0. The average molecular weight is 409 g/mol. The van der Waals surface area contributed by atoms with Gasteiger partial charge in [0.1, 0.15) is 11.9 Å². The first kappa shape index (κ1) is 20.3. The van der Waals surface area contributed by atoms with Gasteiger partial charge in [0.15, 0.2) is 0 Å². The van der Waals surface area contributed by atoms with E-state index in [1.807, 2.05) is 18.3 Å². The van der Waals surface area contributed by atoms with E-state index in [-0.39, 0.29) is 24.1 Å². The fourth-order valence-electron chi connectivity index (χ4n) is 4.31. The van der Waals surface area contributed by atoms with E-state index >= 15 is 0 Å². The number of amides is 3. The molecule has 0 spiro atoms. The maximum atomic E-state index is 12.9. The number of benzene rings is 1. The summed E-state index contributed by atoms with van der Waals surface area (Å²) in [4.78, 5) is 45.8. The van der Waals surface area contributed by atoms with Crippen molar-refractivity contribution in [2.75, 3.05) is 6.54 Å². The van der Waals surface area contributed by atoms with Gasteiger partial charge in [0, 0.05) is 43.3 Å². The van der Waals surface area contributed by atoms with Gasteiger partial charge in [0.25, 0.3) is 5.91 Å². The third-order valence-corrected chi connectivity index (χ3v) is 5.88. The van der Waals surface area contributed by atoms with E-state index in [9.17, 15) is 14.4 Å². The van der Waals surface area contributed by atoms with Crippen LogP contribution in [-0.4, -0.2) is 45.2 Å². The molecule has 4 N–H and O–H groups in total. The number of rotatable bonds is 8. The highest BCUT2D eigenvalue weighted by atomic mass is 16.2. The molecule has 1 atom stereocenters. The van der Waals surface area contributed by atoms with E-state index in [1.165, 1.54) is 0 Å². The molecule has 1 unspecified atom stereocenters. The average Bonchev–Trinajstić information content (AvgIpc) is 3.31. The van der Waals surface area contributed by atoms with Crippen LogP contribution in [0.15, 0.2) is 24.4 Å². The fourth-order valence-corrected chi connectivity index (χ4v) is 4.31. The lowest BCUT2D eigenvalue weighted by Crippen LogP contribution is -2.52. The van der Waals surface area contributed by atoms with Gasteiger partial charge in [-0.05, 0) is 49.4 Å². The quantitative estimate of drug-likeness (QED) is 0.447. The Kier molecular flexibility index (Phi) is 5.94. The van der Waals surface area contributed by atoms with Gasteiger partial charge in [-0.1, -0.05) is 12.1 Å². The van der Waals surface area contributed by atoms with Crippen molar-refractivity contribution >= 4 is 17.7 Å². The molecule has 1 aromatic heterocycles. The molecule has 2 aliphatic heterocycles. The molecule has 3 amide bonds. The predicted molar refractivity (Wildman–Crippen MR) is 110 cm³/mol. The van der Waals surface area contributed by atoms with Crippen LogP contribution in [-0.2, 0) is 35.4 Å². The van der Waals surface area contributed by atoms with Gasteiger partial charge in [-0.15, -0.1) is 0 Å². The van der Waals surface area contributed by atoms with Crippen LogP contribution in [0.5, 0.6) is 0 Å². The molecule has 2 aromatic rings. The van der Waals surface area contributed by atoms with Crippen LogP contribution >= 0.6 is 0 Å². The van der Waals surface area contributed by atoms with Gasteiger partial charge in [0.05, 0.1) is 0 Å². The zero-order valence-corrected chi connectivity index (χ0v) is 16.9. The number of carbonyl (C=O) groups excluding carboxylic acids is 3. The SMILES string of the molecule is NCCc1cnc(CCCCc2cccc3c2CN(C2CCC(=O)NC2=O)C3=O)[nH]1. The smallest absolute Gasteiger partial charge is 0.255 e. The number of hydrogen-bond acceptors (Lipinski definition) is 5. The number of aryl methyl sites for hydroxylation is 2. The van der Waals surface area contributed by atoms with Crippen molar-refractivity contribution in [1.82, 2.24) is 20.2 Å². The molecule has 1 fully saturated rings. The number of carbonyl (C=O) groups is 3. The minimum Gasteiger partial charge on any atom is -0.346 e. The van der Waals surface area contributed by atoms with Crippen molar-refractivity contribution in [3.8, 4) is 0 Å². The molecular formula is C22H27N5O3. The number of imide groups is 1. The largest absolute Gasteiger partial charge is 0.346 e. The van der Waals surface area contributed by atoms with Gasteiger partial charge in [-0.25, -0.2) is 4.98 Å². The summed E-state index contributed by atoms with van der Waals surface area (Å²) in [6.45, 7) is 1.03. The van der Waals surface area contributed by atoms with Gasteiger partial charge in [-0.3, -0.25) is 19.7 Å². The molecule has 1 aromatic carbocycles. The van der Waals surface area contributed by atoms with Crippen LogP contribution in [0.2, 0.25) is 0 Å². The van der Waals surface area contributed by atoms with E-state index in [1.54, 1.807) is 4.90 Å². The Hall–Kier alpha value is -3.00. The van der Waals surface area contributed by atoms with Gasteiger partial charge < -0.3 is 15.6 Å². The Morgan fingerprint density at radius 1 is 1.13 bits per heavy atom. The van der Waals surface area contributed by atoms with E-state index < -0.39 is 6.04 Å². The third kappa shape index (κ3) is 4.14. The van der Waals surface area contributed by atoms with Crippen LogP contribution in [0, 0.1) is 0 Å². The first-order valence-electron chi connectivity index (χ1n) is 10.5. The Morgan fingerprint density at radius 2 is 1.97 bits per heavy atom. The Labute approximate surface area is 175 Å². The van der Waals surface area contributed by atoms with Gasteiger partial charge >= 0.3 is 0 Å². The van der Waals surface area contributed by atoms with Crippen LogP contribution in [0.25, 0.3) is 0 Å². The number of hydrogen-bond donors (Lipinski definition) is 3. The molecule has 0 radical (unpaired) electrons. The summed E-state index contributed by atoms with van der Waals surface area (Å²) in [6.07, 6.45) is 7.03. The van der Waals surface area contributed by atoms with Crippen molar-refractivity contribution in [2.45, 2.75) is 57.5 Å². The maximum Gasteiger partial charge on any atom is 0.255 e. The second-order valence-electron chi connectivity index (χ2n) is 7.94. The highest BCUT2D eigenvalue weighted by Crippen LogP contribution is 2.30. The fraction of sp³-hybridized carbons (Fsp3) is 0.455. The molecule has 1 saturated heterocycles. The highest BCUT2D eigenvalue weighted by molar-refractivity contribution is 6.05. The number of nitrogens with two attached hydrogens (primary N) is 1. The van der Waals surface area contributed by atoms with Gasteiger partial charge in [0.2, 0.25) is 11.8 Å². The first-order chi connectivity index (χ1) is 14.6. The summed E-state index contributed by atoms with van der Waals surface area (Å²) in [5.74, 6) is 0.217. The van der Waals surface area contributed by atoms with Crippen LogP contribution in [0.1, 0.15) is 58.7 Å². The lowest BCUT2D eigenvalue weighted by molar-refractivity contribution is -0.136. The second kappa shape index (κ2) is 8.79. The number of aromatic nitrogens is 2. The zero-order chi connectivity index (χ0) is 21.1. The van der Waals surface area contributed by atoms with Crippen LogP contribution < -0.4 is 11.1 Å². The topological polar surface area (TPSA) is 121 Å². The lowest BCUT2D eigenvalue weighted by Gasteiger charge is -2.29. The number of unbranched alkanes of at least 4 members (excludes halogenated alkanes) is 1. The lowest BCUT2D eigenvalue weighted by atomic mass is 9.98. The van der Waals surface area contributed by atoms with Crippen molar-refractivity contribution in [3.05, 3.63) is 52.6 Å². The zero-order valence-electron chi connectivity index (χ0n) is 16.9. The summed E-state index contributed by atoms with van der Waals surface area (Å²) >= 11 is 0. The number of aromatic amines is 1. The van der Waals surface area contributed by atoms with Crippen molar-refractivity contribution in [2.24, 2.45) is 5.73 Å². The summed E-state index contributed by atoms with van der Waals surface area (Å²) < 4.78 is 0. The number of piperidine rings is 1. The van der Waals surface area contributed by atoms with E-state index in [2.05, 4.69) is 21.4 Å². The van der Waals surface area contributed by atoms with Gasteiger partial charge in [-0.2, -0.15) is 0 Å². The normalized spacial score (nSPS) is 18.6. The minimum absolute atomic E-state index is 0.121. The van der Waals surface area contributed by atoms with Crippen molar-refractivity contribution in [3.63, 3.8) is 0 Å². The molecule has 0 bridgehead atoms. The van der Waals surface area contributed by atoms with E-state index in [0.717, 1.165) is 54.7 Å². The molecule has 0 saturated carbocycles. The Bertz CT molecular complexity index is 967. The first-order valence-corrected chi connectivity index (χ1v) is 10.5. The summed E-state index contributed by atoms with van der Waals surface area (Å²) in [5.41, 5.74) is 9.48. The Morgan fingerprint density at radius 3 is 2.77 bits per heavy atom. The summed E-state index contributed by atoms with van der Waals surface area (Å²) in [5, 5.41) is 2.35. The number of imidazole rings is 1. The third-order valence-electron chi connectivity index (χ3n) is 5.88. The summed E-state index contributed by atoms with van der Waals surface area (Å²) in [6, 6.07) is 5.23. The molecule has 30 heavy (non-hydrogen) atoms. The van der Waals surface area contributed by atoms with E-state index in [4.69, 9.17) is 5.73 Å². The maximum absolute atomic E-state index is 12.9. The monoisotopic (exact) mass is 409 g/mol. The number of H-pyrrole nitrogens is 1. The molecule has 0 aliphatic carbocycles. The molecule has 158 valence electrons.